The van der Waals surface area contributed by atoms with Crippen molar-refractivity contribution in [2.24, 2.45) is 0 Å². The number of pyridine rings is 1. The fourth-order valence-corrected chi connectivity index (χ4v) is 4.52. The van der Waals surface area contributed by atoms with E-state index in [4.69, 9.17) is 4.98 Å². The first kappa shape index (κ1) is 24.9. The number of benzene rings is 4. The summed E-state index contributed by atoms with van der Waals surface area (Å²) in [7, 11) is 0. The van der Waals surface area contributed by atoms with Gasteiger partial charge in [0.2, 0.25) is 0 Å². The molecule has 0 aliphatic carbocycles. The lowest BCUT2D eigenvalue weighted by Crippen LogP contribution is -2.00. The van der Waals surface area contributed by atoms with E-state index in [9.17, 15) is 0 Å². The molecule has 2 aromatic heterocycles. The summed E-state index contributed by atoms with van der Waals surface area (Å²) < 4.78 is 2.29. The van der Waals surface area contributed by atoms with Crippen LogP contribution in [0.1, 0.15) is 33.3 Å². The Morgan fingerprint density at radius 1 is 0.500 bits per heavy atom. The van der Waals surface area contributed by atoms with Crippen molar-refractivity contribution in [1.29, 1.82) is 0 Å². The summed E-state index contributed by atoms with van der Waals surface area (Å²) in [5.41, 5.74) is 8.04. The molecule has 0 atom stereocenters. The Morgan fingerprint density at radius 2 is 1.08 bits per heavy atom. The first-order chi connectivity index (χ1) is 17.8. The Labute approximate surface area is 214 Å². The second-order valence-corrected chi connectivity index (χ2v) is 8.20. The van der Waals surface area contributed by atoms with E-state index in [1.54, 1.807) is 0 Å². The van der Waals surface area contributed by atoms with Crippen LogP contribution in [-0.2, 0) is 0 Å². The number of hydrogen-bond acceptors (Lipinski definition) is 1. The van der Waals surface area contributed by atoms with Gasteiger partial charge in [0, 0.05) is 16.3 Å². The smallest absolute Gasteiger partial charge is 0.138 e. The third-order valence-corrected chi connectivity index (χ3v) is 6.05. The number of aromatic nitrogens is 2. The summed E-state index contributed by atoms with van der Waals surface area (Å²) in [4.78, 5) is 5.16. The van der Waals surface area contributed by atoms with E-state index in [1.807, 2.05) is 33.8 Å². The van der Waals surface area contributed by atoms with Crippen molar-refractivity contribution < 1.29 is 0 Å². The van der Waals surface area contributed by atoms with Crippen LogP contribution in [-0.4, -0.2) is 9.55 Å². The van der Waals surface area contributed by atoms with Crippen molar-refractivity contribution in [2.45, 2.75) is 34.6 Å². The summed E-state index contributed by atoms with van der Waals surface area (Å²) in [5, 5.41) is 2.51. The predicted molar refractivity (Wildman–Crippen MR) is 157 cm³/mol. The molecule has 6 rings (SSSR count). The lowest BCUT2D eigenvalue weighted by atomic mass is 10.0. The normalized spacial score (nSPS) is 10.4. The minimum absolute atomic E-state index is 0.931. The van der Waals surface area contributed by atoms with Crippen LogP contribution in [0.15, 0.2) is 115 Å². The molecule has 0 aliphatic rings. The summed E-state index contributed by atoms with van der Waals surface area (Å²) in [6.45, 7) is 10.1. The van der Waals surface area contributed by atoms with E-state index in [-0.39, 0.29) is 0 Å². The molecule has 0 radical (unpaired) electrons. The first-order valence-electron chi connectivity index (χ1n) is 12.9. The number of para-hydroxylation sites is 1. The second kappa shape index (κ2) is 11.5. The zero-order valence-corrected chi connectivity index (χ0v) is 21.9. The zero-order valence-electron chi connectivity index (χ0n) is 21.9. The van der Waals surface area contributed by atoms with Crippen LogP contribution in [0.3, 0.4) is 0 Å². The molecule has 0 amide bonds. The number of hydrogen-bond donors (Lipinski definition) is 0. The Bertz CT molecular complexity index is 1500. The average Bonchev–Trinajstić information content (AvgIpc) is 3.29. The van der Waals surface area contributed by atoms with Crippen LogP contribution >= 0.6 is 0 Å². The van der Waals surface area contributed by atoms with Crippen molar-refractivity contribution in [3.8, 4) is 28.2 Å². The van der Waals surface area contributed by atoms with Crippen LogP contribution in [0.5, 0.6) is 0 Å². The Kier molecular flexibility index (Phi) is 7.97. The van der Waals surface area contributed by atoms with Crippen molar-refractivity contribution in [3.05, 3.63) is 121 Å². The number of rotatable bonds is 3. The number of nitrogens with zero attached hydrogens (tertiary/aromatic N) is 2. The molecule has 0 saturated heterocycles. The van der Waals surface area contributed by atoms with Crippen LogP contribution in [0.4, 0.5) is 0 Å². The highest BCUT2D eigenvalue weighted by atomic mass is 15.1. The van der Waals surface area contributed by atoms with Crippen LogP contribution in [0, 0.1) is 6.92 Å². The van der Waals surface area contributed by atoms with Gasteiger partial charge in [0.15, 0.2) is 0 Å². The molecule has 2 nitrogen and oxygen atoms in total. The Hall–Kier alpha value is -4.17. The molecular weight excluding hydrogens is 436 g/mol. The van der Waals surface area contributed by atoms with Gasteiger partial charge in [-0.25, -0.2) is 4.98 Å². The fraction of sp³-hybridized carbons (Fsp3) is 0.147. The van der Waals surface area contributed by atoms with Crippen LogP contribution in [0.2, 0.25) is 0 Å². The Morgan fingerprint density at radius 3 is 1.78 bits per heavy atom. The lowest BCUT2D eigenvalue weighted by molar-refractivity contribution is 1.08. The lowest BCUT2D eigenvalue weighted by Gasteiger charge is -2.13. The highest BCUT2D eigenvalue weighted by Gasteiger charge is 2.15. The standard InChI is InChI=1S/C30H22N2.2C2H6/c1-21-16-17-29-26(18-21)25-14-8-9-15-28(25)32(29)30-20-24(22-10-4-2-5-11-22)19-27(31-30)23-12-6-3-7-13-23;2*1-2/h2-20H,1H3;2*1-2H3. The van der Waals surface area contributed by atoms with Gasteiger partial charge in [-0.2, -0.15) is 0 Å². The van der Waals surface area contributed by atoms with E-state index in [0.717, 1.165) is 22.6 Å². The minimum Gasteiger partial charge on any atom is -0.294 e. The maximum absolute atomic E-state index is 5.16. The molecule has 0 spiro atoms. The molecule has 180 valence electrons. The van der Waals surface area contributed by atoms with Crippen molar-refractivity contribution in [1.82, 2.24) is 9.55 Å². The maximum atomic E-state index is 5.16. The van der Waals surface area contributed by atoms with E-state index >= 15 is 0 Å². The third kappa shape index (κ3) is 4.81. The van der Waals surface area contributed by atoms with Gasteiger partial charge in [-0.1, -0.05) is 118 Å². The van der Waals surface area contributed by atoms with Gasteiger partial charge in [-0.3, -0.25) is 4.57 Å². The summed E-state index contributed by atoms with van der Waals surface area (Å²) >= 11 is 0. The van der Waals surface area contributed by atoms with Gasteiger partial charge in [0.1, 0.15) is 5.82 Å². The molecule has 0 N–H and O–H groups in total. The van der Waals surface area contributed by atoms with E-state index in [2.05, 4.69) is 121 Å². The molecule has 0 unspecified atom stereocenters. The summed E-state index contributed by atoms with van der Waals surface area (Å²) in [5.74, 6) is 0.931. The van der Waals surface area contributed by atoms with Crippen molar-refractivity contribution >= 4 is 21.8 Å². The number of fused-ring (bicyclic) bond motifs is 3. The molecule has 36 heavy (non-hydrogen) atoms. The largest absolute Gasteiger partial charge is 0.294 e. The highest BCUT2D eigenvalue weighted by Crippen LogP contribution is 2.34. The molecule has 0 aliphatic heterocycles. The van der Waals surface area contributed by atoms with Crippen molar-refractivity contribution in [2.75, 3.05) is 0 Å². The van der Waals surface area contributed by atoms with E-state index in [0.29, 0.717) is 0 Å². The molecule has 0 bridgehead atoms. The first-order valence-corrected chi connectivity index (χ1v) is 12.9. The SMILES string of the molecule is CC.CC.Cc1ccc2c(c1)c1ccccc1n2-c1cc(-c2ccccc2)cc(-c2ccccc2)n1. The van der Waals surface area contributed by atoms with E-state index < -0.39 is 0 Å². The molecule has 2 heteroatoms. The quantitative estimate of drug-likeness (QED) is 0.252. The van der Waals surface area contributed by atoms with Gasteiger partial charge < -0.3 is 0 Å². The minimum atomic E-state index is 0.931. The van der Waals surface area contributed by atoms with Gasteiger partial charge in [-0.05, 0) is 48.4 Å². The monoisotopic (exact) mass is 470 g/mol. The van der Waals surface area contributed by atoms with Crippen LogP contribution in [0.25, 0.3) is 50.0 Å². The van der Waals surface area contributed by atoms with Gasteiger partial charge in [-0.15, -0.1) is 0 Å². The average molecular weight is 471 g/mol. The molecule has 6 aromatic rings. The van der Waals surface area contributed by atoms with Gasteiger partial charge >= 0.3 is 0 Å². The predicted octanol–water partition coefficient (Wildman–Crippen LogP) is 9.87. The maximum Gasteiger partial charge on any atom is 0.138 e. The van der Waals surface area contributed by atoms with Crippen LogP contribution < -0.4 is 0 Å². The molecule has 0 fully saturated rings. The molecule has 2 heterocycles. The summed E-state index contributed by atoms with van der Waals surface area (Å²) in [6.07, 6.45) is 0. The molecular formula is C34H34N2. The van der Waals surface area contributed by atoms with Gasteiger partial charge in [0.25, 0.3) is 0 Å². The summed E-state index contributed by atoms with van der Waals surface area (Å²) in [6, 6.07) is 40.6. The van der Waals surface area contributed by atoms with Crippen molar-refractivity contribution in [3.63, 3.8) is 0 Å². The fourth-order valence-electron chi connectivity index (χ4n) is 4.52. The van der Waals surface area contributed by atoms with Gasteiger partial charge in [0.05, 0.1) is 16.7 Å². The number of aryl methyl sites for hydroxylation is 1. The van der Waals surface area contributed by atoms with E-state index in [1.165, 1.54) is 32.9 Å². The topological polar surface area (TPSA) is 17.8 Å². The third-order valence-electron chi connectivity index (χ3n) is 6.05. The highest BCUT2D eigenvalue weighted by molar-refractivity contribution is 6.09. The zero-order chi connectivity index (χ0) is 25.5. The molecule has 4 aromatic carbocycles. The molecule has 0 saturated carbocycles. The second-order valence-electron chi connectivity index (χ2n) is 8.20. The Balaban J connectivity index is 0.000000726.